The van der Waals surface area contributed by atoms with E-state index in [9.17, 15) is 9.59 Å². The van der Waals surface area contributed by atoms with Crippen LogP contribution < -0.4 is 10.6 Å². The number of hydrogen-bond acceptors (Lipinski definition) is 3. The van der Waals surface area contributed by atoms with Gasteiger partial charge in [0.15, 0.2) is 0 Å². The lowest BCUT2D eigenvalue weighted by Gasteiger charge is -2.16. The molecule has 0 saturated carbocycles. The van der Waals surface area contributed by atoms with Crippen molar-refractivity contribution in [1.82, 2.24) is 14.9 Å². The number of fused-ring (bicyclic) bond motifs is 1. The number of aryl methyl sites for hydroxylation is 1. The van der Waals surface area contributed by atoms with Crippen LogP contribution in [0.1, 0.15) is 37.7 Å². The smallest absolute Gasteiger partial charge is 0.244 e. The molecule has 1 aromatic heterocycles. The largest absolute Gasteiger partial charge is 0.346 e. The third-order valence-corrected chi connectivity index (χ3v) is 4.37. The fourth-order valence-electron chi connectivity index (χ4n) is 3.07. The van der Waals surface area contributed by atoms with Crippen molar-refractivity contribution in [3.63, 3.8) is 0 Å². The first-order valence-corrected chi connectivity index (χ1v) is 9.09. The van der Waals surface area contributed by atoms with Crippen molar-refractivity contribution >= 4 is 28.5 Å². The zero-order chi connectivity index (χ0) is 19.4. The molecule has 3 aromatic rings. The molecule has 6 nitrogen and oxygen atoms in total. The summed E-state index contributed by atoms with van der Waals surface area (Å²) in [6, 6.07) is 15.0. The Labute approximate surface area is 158 Å². The number of nitrogens with one attached hydrogen (secondary N) is 2. The van der Waals surface area contributed by atoms with Gasteiger partial charge in [-0.2, -0.15) is 0 Å². The van der Waals surface area contributed by atoms with Crippen LogP contribution in [0.15, 0.2) is 48.5 Å². The van der Waals surface area contributed by atoms with Crippen LogP contribution in [-0.2, 0) is 16.1 Å². The lowest BCUT2D eigenvalue weighted by molar-refractivity contribution is -0.121. The predicted octanol–water partition coefficient (Wildman–Crippen LogP) is 3.57. The average Bonchev–Trinajstić information content (AvgIpc) is 3.00. The number of nitrogens with zero attached hydrogens (tertiary/aromatic N) is 2. The zero-order valence-electron chi connectivity index (χ0n) is 15.8. The number of benzene rings is 2. The molecule has 140 valence electrons. The normalized spacial score (nSPS) is 12.0. The summed E-state index contributed by atoms with van der Waals surface area (Å²) >= 11 is 0. The second-order valence-electron chi connectivity index (χ2n) is 6.61. The van der Waals surface area contributed by atoms with Gasteiger partial charge in [0.1, 0.15) is 12.4 Å². The van der Waals surface area contributed by atoms with Crippen molar-refractivity contribution in [1.29, 1.82) is 0 Å². The Bertz CT molecular complexity index is 977. The number of carbonyl (C=O) groups excluding carboxylic acids is 2. The van der Waals surface area contributed by atoms with E-state index in [0.29, 0.717) is 12.2 Å². The molecule has 0 bridgehead atoms. The SMILES string of the molecule is CCC(=O)NC(C)c1nc2ccccc2n1CC(=O)Nc1cccc(C)c1. The molecule has 6 heteroatoms. The highest BCUT2D eigenvalue weighted by molar-refractivity contribution is 5.92. The van der Waals surface area contributed by atoms with E-state index in [1.807, 2.05) is 66.9 Å². The number of amides is 2. The Morgan fingerprint density at radius 3 is 2.63 bits per heavy atom. The summed E-state index contributed by atoms with van der Waals surface area (Å²) in [5, 5.41) is 5.85. The van der Waals surface area contributed by atoms with Gasteiger partial charge < -0.3 is 15.2 Å². The highest BCUT2D eigenvalue weighted by atomic mass is 16.2. The number of imidazole rings is 1. The van der Waals surface area contributed by atoms with Gasteiger partial charge in [-0.05, 0) is 43.7 Å². The van der Waals surface area contributed by atoms with E-state index < -0.39 is 0 Å². The maximum Gasteiger partial charge on any atom is 0.244 e. The van der Waals surface area contributed by atoms with Crippen molar-refractivity contribution in [3.8, 4) is 0 Å². The van der Waals surface area contributed by atoms with Crippen LogP contribution in [0.2, 0.25) is 0 Å². The summed E-state index contributed by atoms with van der Waals surface area (Å²) in [7, 11) is 0. The minimum atomic E-state index is -0.295. The molecular weight excluding hydrogens is 340 g/mol. The van der Waals surface area contributed by atoms with Gasteiger partial charge >= 0.3 is 0 Å². The summed E-state index contributed by atoms with van der Waals surface area (Å²) in [6.45, 7) is 5.79. The highest BCUT2D eigenvalue weighted by Crippen LogP contribution is 2.21. The molecule has 3 rings (SSSR count). The highest BCUT2D eigenvalue weighted by Gasteiger charge is 2.19. The minimum Gasteiger partial charge on any atom is -0.346 e. The summed E-state index contributed by atoms with van der Waals surface area (Å²) in [6.07, 6.45) is 0.401. The Morgan fingerprint density at radius 2 is 1.89 bits per heavy atom. The molecule has 0 aliphatic carbocycles. The lowest BCUT2D eigenvalue weighted by atomic mass is 10.2. The molecular formula is C21H24N4O2. The van der Waals surface area contributed by atoms with Gasteiger partial charge in [0.05, 0.1) is 17.1 Å². The van der Waals surface area contributed by atoms with E-state index in [1.54, 1.807) is 6.92 Å². The van der Waals surface area contributed by atoms with E-state index >= 15 is 0 Å². The Kier molecular flexibility index (Phi) is 5.54. The molecule has 1 unspecified atom stereocenters. The molecule has 0 saturated heterocycles. The van der Waals surface area contributed by atoms with E-state index in [4.69, 9.17) is 0 Å². The Morgan fingerprint density at radius 1 is 1.11 bits per heavy atom. The van der Waals surface area contributed by atoms with Crippen molar-refractivity contribution in [2.45, 2.75) is 39.8 Å². The van der Waals surface area contributed by atoms with Crippen molar-refractivity contribution in [3.05, 3.63) is 59.9 Å². The molecule has 2 amide bonds. The first-order chi connectivity index (χ1) is 13.0. The number of rotatable bonds is 6. The van der Waals surface area contributed by atoms with Gasteiger partial charge in [-0.15, -0.1) is 0 Å². The first kappa shape index (κ1) is 18.6. The number of para-hydroxylation sites is 2. The molecule has 2 aromatic carbocycles. The maximum absolute atomic E-state index is 12.6. The fourth-order valence-corrected chi connectivity index (χ4v) is 3.07. The van der Waals surface area contributed by atoms with E-state index in [1.165, 1.54) is 0 Å². The van der Waals surface area contributed by atoms with Crippen molar-refractivity contribution < 1.29 is 9.59 Å². The van der Waals surface area contributed by atoms with Crippen LogP contribution in [0, 0.1) is 6.92 Å². The third-order valence-electron chi connectivity index (χ3n) is 4.37. The minimum absolute atomic E-state index is 0.0506. The molecule has 0 radical (unpaired) electrons. The van der Waals surface area contributed by atoms with Crippen molar-refractivity contribution in [2.24, 2.45) is 0 Å². The lowest BCUT2D eigenvalue weighted by Crippen LogP contribution is -2.29. The quantitative estimate of drug-likeness (QED) is 0.702. The summed E-state index contributed by atoms with van der Waals surface area (Å²) in [5.41, 5.74) is 3.51. The third kappa shape index (κ3) is 4.34. The van der Waals surface area contributed by atoms with E-state index in [0.717, 1.165) is 22.3 Å². The number of hydrogen-bond donors (Lipinski definition) is 2. The number of carbonyl (C=O) groups is 2. The van der Waals surface area contributed by atoms with E-state index in [-0.39, 0.29) is 24.4 Å². The summed E-state index contributed by atoms with van der Waals surface area (Å²) in [5.74, 6) is 0.474. The van der Waals surface area contributed by atoms with Gasteiger partial charge in [0, 0.05) is 12.1 Å². The zero-order valence-corrected chi connectivity index (χ0v) is 15.8. The van der Waals surface area contributed by atoms with Crippen LogP contribution in [0.25, 0.3) is 11.0 Å². The number of aromatic nitrogens is 2. The molecule has 27 heavy (non-hydrogen) atoms. The van der Waals surface area contributed by atoms with Crippen LogP contribution in [0.3, 0.4) is 0 Å². The maximum atomic E-state index is 12.6. The molecule has 0 fully saturated rings. The van der Waals surface area contributed by atoms with E-state index in [2.05, 4.69) is 15.6 Å². The molecule has 0 aliphatic rings. The topological polar surface area (TPSA) is 76.0 Å². The molecule has 2 N–H and O–H groups in total. The van der Waals surface area contributed by atoms with Crippen LogP contribution in [0.4, 0.5) is 5.69 Å². The summed E-state index contributed by atoms with van der Waals surface area (Å²) < 4.78 is 1.86. The van der Waals surface area contributed by atoms with Gasteiger partial charge in [0.25, 0.3) is 0 Å². The number of anilines is 1. The van der Waals surface area contributed by atoms with Gasteiger partial charge in [-0.25, -0.2) is 4.98 Å². The monoisotopic (exact) mass is 364 g/mol. The molecule has 0 spiro atoms. The predicted molar refractivity (Wildman–Crippen MR) is 106 cm³/mol. The second kappa shape index (κ2) is 8.03. The molecule has 0 aliphatic heterocycles. The van der Waals surface area contributed by atoms with Crippen LogP contribution in [0.5, 0.6) is 0 Å². The fraction of sp³-hybridized carbons (Fsp3) is 0.286. The second-order valence-corrected chi connectivity index (χ2v) is 6.61. The van der Waals surface area contributed by atoms with Gasteiger partial charge in [-0.1, -0.05) is 31.2 Å². The first-order valence-electron chi connectivity index (χ1n) is 9.09. The molecule has 1 atom stereocenters. The Hall–Kier alpha value is -3.15. The molecule has 1 heterocycles. The summed E-state index contributed by atoms with van der Waals surface area (Å²) in [4.78, 5) is 29.1. The van der Waals surface area contributed by atoms with Gasteiger partial charge in [0.2, 0.25) is 11.8 Å². The Balaban J connectivity index is 1.88. The van der Waals surface area contributed by atoms with Crippen LogP contribution >= 0.6 is 0 Å². The van der Waals surface area contributed by atoms with Crippen LogP contribution in [-0.4, -0.2) is 21.4 Å². The average molecular weight is 364 g/mol. The van der Waals surface area contributed by atoms with Crippen molar-refractivity contribution in [2.75, 3.05) is 5.32 Å². The standard InChI is InChI=1S/C21H24N4O2/c1-4-19(26)22-15(3)21-24-17-10-5-6-11-18(17)25(21)13-20(27)23-16-9-7-8-14(2)12-16/h5-12,15H,4,13H2,1-3H3,(H,22,26)(H,23,27). The van der Waals surface area contributed by atoms with Gasteiger partial charge in [-0.3, -0.25) is 9.59 Å².